The molecule has 0 atom stereocenters. The Balaban J connectivity index is 2.98. The van der Waals surface area contributed by atoms with Gasteiger partial charge in [0, 0.05) is 0 Å². The molecule has 0 aliphatic rings. The molecule has 0 radical (unpaired) electrons. The molecule has 0 aliphatic carbocycles. The second-order valence-corrected chi connectivity index (χ2v) is 4.74. The van der Waals surface area contributed by atoms with E-state index in [1.165, 1.54) is 0 Å². The maximum Gasteiger partial charge on any atom is 0.357 e. The highest BCUT2D eigenvalue weighted by molar-refractivity contribution is 9.09. The van der Waals surface area contributed by atoms with Crippen molar-refractivity contribution in [1.82, 2.24) is 9.97 Å². The number of aromatic amines is 2. The van der Waals surface area contributed by atoms with Crippen LogP contribution in [0.4, 0.5) is 5.69 Å². The highest BCUT2D eigenvalue weighted by Crippen LogP contribution is 2.08. The number of alkyl halides is 1. The number of H-pyrrole nitrogens is 2. The molecule has 1 aromatic rings. The summed E-state index contributed by atoms with van der Waals surface area (Å²) >= 11 is 2.92. The number of carbonyl (C=O) groups is 2. The molecule has 0 aliphatic heterocycles. The van der Waals surface area contributed by atoms with Gasteiger partial charge in [-0.3, -0.25) is 19.6 Å². The molecule has 0 unspecified atom stereocenters. The van der Waals surface area contributed by atoms with Gasteiger partial charge in [-0.05, 0) is 6.42 Å². The Kier molecular flexibility index (Phi) is 6.86. The number of anilines is 1. The maximum absolute atomic E-state index is 11.9. The summed E-state index contributed by atoms with van der Waals surface area (Å²) < 4.78 is 4.97. The zero-order valence-corrected chi connectivity index (χ0v) is 13.0. The van der Waals surface area contributed by atoms with E-state index in [1.54, 1.807) is 0 Å². The second kappa shape index (κ2) is 8.40. The molecule has 116 valence electrons. The average molecular weight is 362 g/mol. The third kappa shape index (κ3) is 5.18. The van der Waals surface area contributed by atoms with E-state index in [0.29, 0.717) is 6.42 Å². The van der Waals surface area contributed by atoms with Crippen LogP contribution in [0.5, 0.6) is 0 Å². The lowest BCUT2D eigenvalue weighted by molar-refractivity contribution is -0.113. The van der Waals surface area contributed by atoms with Crippen molar-refractivity contribution < 1.29 is 14.3 Å². The van der Waals surface area contributed by atoms with E-state index in [-0.39, 0.29) is 23.3 Å². The fourth-order valence-electron chi connectivity index (χ4n) is 1.52. The number of carbonyl (C=O) groups excluding carboxylic acids is 2. The molecular formula is C12H16BrN3O5. The van der Waals surface area contributed by atoms with Gasteiger partial charge in [0.1, 0.15) is 5.69 Å². The van der Waals surface area contributed by atoms with Gasteiger partial charge in [0.2, 0.25) is 5.91 Å². The molecule has 0 saturated heterocycles. The molecule has 1 heterocycles. The Hall–Kier alpha value is -1.90. The van der Waals surface area contributed by atoms with Crippen LogP contribution in [0.1, 0.15) is 36.7 Å². The van der Waals surface area contributed by atoms with E-state index in [1.807, 2.05) is 11.9 Å². The fraction of sp³-hybridized carbons (Fsp3) is 0.500. The summed E-state index contributed by atoms with van der Waals surface area (Å²) in [7, 11) is 0. The molecular weight excluding hydrogens is 346 g/mol. The quantitative estimate of drug-likeness (QED) is 0.375. The first-order chi connectivity index (χ1) is 9.99. The van der Waals surface area contributed by atoms with Crippen molar-refractivity contribution >= 4 is 33.5 Å². The van der Waals surface area contributed by atoms with Gasteiger partial charge in [0.15, 0.2) is 5.69 Å². The Bertz CT molecular complexity index is 622. The summed E-state index contributed by atoms with van der Waals surface area (Å²) in [6.45, 7) is 2.18. The van der Waals surface area contributed by atoms with Crippen LogP contribution in [0.15, 0.2) is 9.59 Å². The lowest BCUT2D eigenvalue weighted by Crippen LogP contribution is -2.32. The van der Waals surface area contributed by atoms with E-state index in [9.17, 15) is 19.2 Å². The summed E-state index contributed by atoms with van der Waals surface area (Å²) in [5.74, 6) is -1.40. The number of unbranched alkanes of at least 4 members (excludes halogenated alkanes) is 2. The lowest BCUT2D eigenvalue weighted by Gasteiger charge is -2.08. The topological polar surface area (TPSA) is 121 Å². The van der Waals surface area contributed by atoms with Crippen LogP contribution in [0.3, 0.4) is 0 Å². The number of esters is 1. The Morgan fingerprint density at radius 3 is 2.57 bits per heavy atom. The number of rotatable bonds is 7. The Labute approximate surface area is 128 Å². The number of ether oxygens (including phenoxy) is 1. The van der Waals surface area contributed by atoms with Gasteiger partial charge in [0.25, 0.3) is 5.56 Å². The van der Waals surface area contributed by atoms with Crippen molar-refractivity contribution in [3.8, 4) is 0 Å². The Morgan fingerprint density at radius 2 is 1.95 bits per heavy atom. The molecule has 0 bridgehead atoms. The predicted octanol–water partition coefficient (Wildman–Crippen LogP) is 0.744. The summed E-state index contributed by atoms with van der Waals surface area (Å²) in [5, 5.41) is 2.18. The molecule has 0 saturated carbocycles. The molecule has 0 fully saturated rings. The van der Waals surface area contributed by atoms with Crippen molar-refractivity contribution in [2.75, 3.05) is 17.3 Å². The van der Waals surface area contributed by atoms with Gasteiger partial charge in [-0.25, -0.2) is 9.59 Å². The largest absolute Gasteiger partial charge is 0.461 e. The smallest absolute Gasteiger partial charge is 0.357 e. The van der Waals surface area contributed by atoms with Crippen molar-refractivity contribution in [2.45, 2.75) is 26.2 Å². The standard InChI is InChI=1S/C12H16BrN3O5/c1-2-3-4-5-21-11(19)9-8(14-7(17)6-13)10(18)16-12(20)15-9/h2-6H2,1H3,(H,14,17)(H2,15,16,18,20). The first-order valence-corrected chi connectivity index (χ1v) is 7.51. The van der Waals surface area contributed by atoms with Gasteiger partial charge in [0.05, 0.1) is 11.9 Å². The molecule has 0 spiro atoms. The van der Waals surface area contributed by atoms with Crippen LogP contribution in [0, 0.1) is 0 Å². The molecule has 3 N–H and O–H groups in total. The van der Waals surface area contributed by atoms with E-state index >= 15 is 0 Å². The first kappa shape index (κ1) is 17.2. The summed E-state index contributed by atoms with van der Waals surface area (Å²) in [4.78, 5) is 50.3. The van der Waals surface area contributed by atoms with Gasteiger partial charge >= 0.3 is 11.7 Å². The molecule has 0 aromatic carbocycles. The summed E-state index contributed by atoms with van der Waals surface area (Å²) in [6.07, 6.45) is 2.54. The zero-order valence-electron chi connectivity index (χ0n) is 11.5. The molecule has 9 heteroatoms. The zero-order chi connectivity index (χ0) is 15.8. The number of aromatic nitrogens is 2. The van der Waals surface area contributed by atoms with E-state index < -0.39 is 23.1 Å². The normalized spacial score (nSPS) is 10.2. The van der Waals surface area contributed by atoms with E-state index in [4.69, 9.17) is 4.74 Å². The van der Waals surface area contributed by atoms with Gasteiger partial charge < -0.3 is 10.1 Å². The molecule has 1 aromatic heterocycles. The molecule has 8 nitrogen and oxygen atoms in total. The minimum atomic E-state index is -0.867. The van der Waals surface area contributed by atoms with Crippen LogP contribution in [0.2, 0.25) is 0 Å². The van der Waals surface area contributed by atoms with Crippen LogP contribution in [-0.2, 0) is 9.53 Å². The van der Waals surface area contributed by atoms with Crippen LogP contribution in [-0.4, -0.2) is 33.8 Å². The van der Waals surface area contributed by atoms with Crippen LogP contribution < -0.4 is 16.6 Å². The molecule has 21 heavy (non-hydrogen) atoms. The predicted molar refractivity (Wildman–Crippen MR) is 79.9 cm³/mol. The third-order valence-electron chi connectivity index (χ3n) is 2.51. The summed E-state index contributed by atoms with van der Waals surface area (Å²) in [5.41, 5.74) is -2.42. The van der Waals surface area contributed by atoms with Crippen LogP contribution in [0.25, 0.3) is 0 Å². The SMILES string of the molecule is CCCCCOC(=O)c1[nH]c(=O)[nH]c(=O)c1NC(=O)CBr. The highest BCUT2D eigenvalue weighted by atomic mass is 79.9. The van der Waals surface area contributed by atoms with Crippen LogP contribution >= 0.6 is 15.9 Å². The van der Waals surface area contributed by atoms with Gasteiger partial charge in [-0.1, -0.05) is 35.7 Å². The minimum Gasteiger partial charge on any atom is -0.461 e. The number of hydrogen-bond acceptors (Lipinski definition) is 5. The number of hydrogen-bond donors (Lipinski definition) is 3. The third-order valence-corrected chi connectivity index (χ3v) is 3.02. The maximum atomic E-state index is 11.9. The lowest BCUT2D eigenvalue weighted by atomic mass is 10.3. The average Bonchev–Trinajstić information content (AvgIpc) is 2.45. The second-order valence-electron chi connectivity index (χ2n) is 4.18. The van der Waals surface area contributed by atoms with Gasteiger partial charge in [-0.2, -0.15) is 0 Å². The van der Waals surface area contributed by atoms with E-state index in [2.05, 4.69) is 26.2 Å². The molecule has 1 amide bonds. The number of halogens is 1. The van der Waals surface area contributed by atoms with E-state index in [0.717, 1.165) is 12.8 Å². The van der Waals surface area contributed by atoms with Crippen molar-refractivity contribution in [2.24, 2.45) is 0 Å². The van der Waals surface area contributed by atoms with Crippen molar-refractivity contribution in [3.63, 3.8) is 0 Å². The number of amides is 1. The Morgan fingerprint density at radius 1 is 1.24 bits per heavy atom. The first-order valence-electron chi connectivity index (χ1n) is 6.39. The monoisotopic (exact) mass is 361 g/mol. The fourth-order valence-corrected chi connectivity index (χ4v) is 1.66. The van der Waals surface area contributed by atoms with Gasteiger partial charge in [-0.15, -0.1) is 0 Å². The molecule has 1 rings (SSSR count). The van der Waals surface area contributed by atoms with Crippen molar-refractivity contribution in [1.29, 1.82) is 0 Å². The minimum absolute atomic E-state index is 0.0590. The summed E-state index contributed by atoms with van der Waals surface area (Å²) in [6, 6.07) is 0. The number of nitrogens with one attached hydrogen (secondary N) is 3. The highest BCUT2D eigenvalue weighted by Gasteiger charge is 2.19. The van der Waals surface area contributed by atoms with Crippen molar-refractivity contribution in [3.05, 3.63) is 26.5 Å².